The SMILES string of the molecule is c1ccc2c(COCOCc3c4ccccc4cc4ccccc34)c3ccccc3cc2c1. The predicted molar refractivity (Wildman–Crippen MR) is 137 cm³/mol. The van der Waals surface area contributed by atoms with Crippen LogP contribution in [0, 0.1) is 0 Å². The number of fused-ring (bicyclic) bond motifs is 4. The summed E-state index contributed by atoms with van der Waals surface area (Å²) in [6, 6.07) is 38.5. The summed E-state index contributed by atoms with van der Waals surface area (Å²) in [4.78, 5) is 0. The van der Waals surface area contributed by atoms with E-state index in [0.717, 1.165) is 0 Å². The fraction of sp³-hybridized carbons (Fsp3) is 0.0968. The first-order valence-electron chi connectivity index (χ1n) is 11.3. The Labute approximate surface area is 193 Å². The Balaban J connectivity index is 1.24. The maximum Gasteiger partial charge on any atom is 0.147 e. The molecule has 0 bridgehead atoms. The van der Waals surface area contributed by atoms with E-state index >= 15 is 0 Å². The zero-order chi connectivity index (χ0) is 22.0. The molecule has 160 valence electrons. The number of hydrogen-bond donors (Lipinski definition) is 0. The Hall–Kier alpha value is -3.72. The molecule has 0 amide bonds. The van der Waals surface area contributed by atoms with Gasteiger partial charge < -0.3 is 9.47 Å². The van der Waals surface area contributed by atoms with Gasteiger partial charge in [0.25, 0.3) is 0 Å². The first kappa shape index (κ1) is 19.9. The maximum atomic E-state index is 6.06. The molecule has 0 saturated carbocycles. The second-order valence-electron chi connectivity index (χ2n) is 8.41. The van der Waals surface area contributed by atoms with E-state index in [1.54, 1.807) is 0 Å². The van der Waals surface area contributed by atoms with Crippen LogP contribution >= 0.6 is 0 Å². The van der Waals surface area contributed by atoms with Gasteiger partial charge >= 0.3 is 0 Å². The third kappa shape index (κ3) is 3.74. The Morgan fingerprint density at radius 1 is 0.394 bits per heavy atom. The van der Waals surface area contributed by atoms with Crippen LogP contribution < -0.4 is 0 Å². The maximum absolute atomic E-state index is 6.06. The fourth-order valence-corrected chi connectivity index (χ4v) is 4.87. The van der Waals surface area contributed by atoms with E-state index in [1.807, 2.05) is 0 Å². The molecule has 6 aromatic rings. The zero-order valence-electron chi connectivity index (χ0n) is 18.3. The second-order valence-corrected chi connectivity index (χ2v) is 8.41. The first-order chi connectivity index (χ1) is 16.4. The fourth-order valence-electron chi connectivity index (χ4n) is 4.87. The van der Waals surface area contributed by atoms with Crippen molar-refractivity contribution in [1.82, 2.24) is 0 Å². The Morgan fingerprint density at radius 3 is 1.03 bits per heavy atom. The molecule has 0 aliphatic rings. The van der Waals surface area contributed by atoms with Crippen molar-refractivity contribution in [1.29, 1.82) is 0 Å². The third-order valence-electron chi connectivity index (χ3n) is 6.43. The second kappa shape index (κ2) is 8.67. The molecule has 33 heavy (non-hydrogen) atoms. The van der Waals surface area contributed by atoms with Crippen molar-refractivity contribution in [2.45, 2.75) is 13.2 Å². The van der Waals surface area contributed by atoms with Gasteiger partial charge in [-0.05, 0) is 66.3 Å². The van der Waals surface area contributed by atoms with Crippen molar-refractivity contribution in [3.05, 3.63) is 120 Å². The molecule has 0 heterocycles. The van der Waals surface area contributed by atoms with Gasteiger partial charge in [-0.3, -0.25) is 0 Å². The van der Waals surface area contributed by atoms with Crippen LogP contribution in [-0.2, 0) is 22.7 Å². The van der Waals surface area contributed by atoms with Gasteiger partial charge in [0.1, 0.15) is 6.79 Å². The Bertz CT molecular complexity index is 1370. The summed E-state index contributed by atoms with van der Waals surface area (Å²) in [6.45, 7) is 1.27. The molecule has 0 fully saturated rings. The molecule has 0 atom stereocenters. The molecule has 2 heteroatoms. The molecule has 0 N–H and O–H groups in total. The number of hydrogen-bond acceptors (Lipinski definition) is 2. The van der Waals surface area contributed by atoms with Crippen molar-refractivity contribution in [2.24, 2.45) is 0 Å². The zero-order valence-corrected chi connectivity index (χ0v) is 18.3. The van der Waals surface area contributed by atoms with Gasteiger partial charge in [-0.15, -0.1) is 0 Å². The molecule has 0 radical (unpaired) electrons. The highest BCUT2D eigenvalue weighted by atomic mass is 16.7. The minimum Gasteiger partial charge on any atom is -0.351 e. The first-order valence-corrected chi connectivity index (χ1v) is 11.3. The van der Waals surface area contributed by atoms with E-state index in [1.165, 1.54) is 54.2 Å². The summed E-state index contributed by atoms with van der Waals surface area (Å²) in [5, 5.41) is 9.87. The van der Waals surface area contributed by atoms with Crippen LogP contribution in [0.1, 0.15) is 11.1 Å². The normalized spacial score (nSPS) is 11.6. The number of ether oxygens (including phenoxy) is 2. The van der Waals surface area contributed by atoms with Crippen LogP contribution in [0.25, 0.3) is 43.1 Å². The summed E-state index contributed by atoms with van der Waals surface area (Å²) in [7, 11) is 0. The number of rotatable bonds is 6. The van der Waals surface area contributed by atoms with Gasteiger partial charge in [0.15, 0.2) is 0 Å². The highest BCUT2D eigenvalue weighted by Crippen LogP contribution is 2.30. The topological polar surface area (TPSA) is 18.5 Å². The molecule has 0 aliphatic carbocycles. The van der Waals surface area contributed by atoms with E-state index in [9.17, 15) is 0 Å². The molecule has 0 aliphatic heterocycles. The van der Waals surface area contributed by atoms with Crippen molar-refractivity contribution in [3.63, 3.8) is 0 Å². The van der Waals surface area contributed by atoms with Crippen molar-refractivity contribution >= 4 is 43.1 Å². The molecular formula is C31H24O2. The van der Waals surface area contributed by atoms with Crippen LogP contribution in [0.3, 0.4) is 0 Å². The number of benzene rings is 6. The average Bonchev–Trinajstić information content (AvgIpc) is 2.87. The van der Waals surface area contributed by atoms with E-state index in [4.69, 9.17) is 9.47 Å². The Morgan fingerprint density at radius 2 is 0.697 bits per heavy atom. The molecule has 6 aromatic carbocycles. The highest BCUT2D eigenvalue weighted by Gasteiger charge is 2.09. The lowest BCUT2D eigenvalue weighted by atomic mass is 9.97. The van der Waals surface area contributed by atoms with Gasteiger partial charge in [0.2, 0.25) is 0 Å². The summed E-state index contributed by atoms with van der Waals surface area (Å²) >= 11 is 0. The summed E-state index contributed by atoms with van der Waals surface area (Å²) in [6.07, 6.45) is 0. The van der Waals surface area contributed by atoms with E-state index in [2.05, 4.69) is 109 Å². The van der Waals surface area contributed by atoms with Gasteiger partial charge in [-0.25, -0.2) is 0 Å². The van der Waals surface area contributed by atoms with Gasteiger partial charge in [0.05, 0.1) is 13.2 Å². The lowest BCUT2D eigenvalue weighted by Crippen LogP contribution is -2.03. The minimum atomic E-state index is 0.245. The largest absolute Gasteiger partial charge is 0.351 e. The van der Waals surface area contributed by atoms with Crippen LogP contribution in [-0.4, -0.2) is 6.79 Å². The molecular weight excluding hydrogens is 404 g/mol. The lowest BCUT2D eigenvalue weighted by Gasteiger charge is -2.14. The highest BCUT2D eigenvalue weighted by molar-refractivity contribution is 6.03. The van der Waals surface area contributed by atoms with Gasteiger partial charge in [-0.2, -0.15) is 0 Å². The van der Waals surface area contributed by atoms with Crippen molar-refractivity contribution in [3.8, 4) is 0 Å². The van der Waals surface area contributed by atoms with Crippen LogP contribution in [0.5, 0.6) is 0 Å². The van der Waals surface area contributed by atoms with Crippen molar-refractivity contribution in [2.75, 3.05) is 6.79 Å². The molecule has 0 aromatic heterocycles. The minimum absolute atomic E-state index is 0.245. The van der Waals surface area contributed by atoms with Crippen LogP contribution in [0.15, 0.2) is 109 Å². The van der Waals surface area contributed by atoms with Crippen molar-refractivity contribution < 1.29 is 9.47 Å². The van der Waals surface area contributed by atoms with Gasteiger partial charge in [-0.1, -0.05) is 97.1 Å². The molecule has 0 unspecified atom stereocenters. The van der Waals surface area contributed by atoms with Crippen LogP contribution in [0.4, 0.5) is 0 Å². The van der Waals surface area contributed by atoms with Crippen LogP contribution in [0.2, 0.25) is 0 Å². The smallest absolute Gasteiger partial charge is 0.147 e. The average molecular weight is 429 g/mol. The van der Waals surface area contributed by atoms with Gasteiger partial charge in [0, 0.05) is 0 Å². The standard InChI is InChI=1S/C31H24O2/c1-5-13-26-22(9-1)17-23-10-2-6-14-27(23)30(26)19-32-21-33-20-31-28-15-7-3-11-24(28)18-25-12-4-8-16-29(25)31/h1-18H,19-21H2. The summed E-state index contributed by atoms with van der Waals surface area (Å²) in [5.41, 5.74) is 2.42. The molecule has 2 nitrogen and oxygen atoms in total. The predicted octanol–water partition coefficient (Wildman–Crippen LogP) is 7.99. The monoisotopic (exact) mass is 428 g/mol. The van der Waals surface area contributed by atoms with E-state index in [0.29, 0.717) is 13.2 Å². The molecule has 0 saturated heterocycles. The third-order valence-corrected chi connectivity index (χ3v) is 6.43. The summed E-state index contributed by atoms with van der Waals surface area (Å²) in [5.74, 6) is 0. The quantitative estimate of drug-likeness (QED) is 0.152. The summed E-state index contributed by atoms with van der Waals surface area (Å²) < 4.78 is 12.1. The van der Waals surface area contributed by atoms with E-state index < -0.39 is 0 Å². The molecule has 6 rings (SSSR count). The lowest BCUT2D eigenvalue weighted by molar-refractivity contribution is -0.0678. The molecule has 0 spiro atoms. The Kier molecular flexibility index (Phi) is 5.23. The van der Waals surface area contributed by atoms with E-state index in [-0.39, 0.29) is 6.79 Å².